The first kappa shape index (κ1) is 17.2. The van der Waals surface area contributed by atoms with Crippen LogP contribution < -0.4 is 0 Å². The maximum atomic E-state index is 10.9. The van der Waals surface area contributed by atoms with E-state index in [0.29, 0.717) is 0 Å². The molecule has 5 heteroatoms. The van der Waals surface area contributed by atoms with Gasteiger partial charge >= 0.3 is 9.28 Å². The lowest BCUT2D eigenvalue weighted by molar-refractivity contribution is -0.137. The van der Waals surface area contributed by atoms with E-state index in [0.717, 1.165) is 18.9 Å². The molecule has 0 saturated heterocycles. The molecule has 0 atom stereocenters. The van der Waals surface area contributed by atoms with Gasteiger partial charge in [0.15, 0.2) is 0 Å². The second-order valence-electron chi connectivity index (χ2n) is 4.56. The fourth-order valence-corrected chi connectivity index (χ4v) is 3.43. The molecule has 0 aliphatic carbocycles. The highest BCUT2D eigenvalue weighted by atomic mass is 28.3. The molecule has 4 nitrogen and oxygen atoms in total. The maximum absolute atomic E-state index is 10.9. The summed E-state index contributed by atoms with van der Waals surface area (Å²) >= 11 is 0. The van der Waals surface area contributed by atoms with Gasteiger partial charge in [0.05, 0.1) is 0 Å². The number of rotatable bonds is 10. The largest absolute Gasteiger partial charge is 0.487 e. The van der Waals surface area contributed by atoms with Crippen LogP contribution in [0, 0.1) is 0 Å². The molecule has 0 aromatic rings. The number of hydrogen-bond donors (Lipinski definition) is 0. The van der Waals surface area contributed by atoms with Gasteiger partial charge in [-0.3, -0.25) is 9.59 Å². The van der Waals surface area contributed by atoms with E-state index in [1.807, 2.05) is 0 Å². The Morgan fingerprint density at radius 3 is 1.72 bits per heavy atom. The fraction of sp³-hybridized carbons (Fsp3) is 0.846. The van der Waals surface area contributed by atoms with Crippen molar-refractivity contribution in [3.63, 3.8) is 0 Å². The van der Waals surface area contributed by atoms with Crippen LogP contribution >= 0.6 is 0 Å². The Labute approximate surface area is 112 Å². The molecule has 0 aliphatic heterocycles. The van der Waals surface area contributed by atoms with Crippen LogP contribution in [-0.2, 0) is 18.4 Å². The molecule has 0 aromatic carbocycles. The Bertz CT molecular complexity index is 227. The van der Waals surface area contributed by atoms with E-state index in [1.54, 1.807) is 0 Å². The van der Waals surface area contributed by atoms with E-state index in [9.17, 15) is 9.59 Å². The zero-order valence-electron chi connectivity index (χ0n) is 11.9. The Morgan fingerprint density at radius 2 is 1.28 bits per heavy atom. The normalized spacial score (nSPS) is 10.4. The number of unbranched alkanes of at least 4 members (excludes halogenated alkanes) is 6. The van der Waals surface area contributed by atoms with E-state index >= 15 is 0 Å². The zero-order chi connectivity index (χ0) is 13.8. The van der Waals surface area contributed by atoms with E-state index in [4.69, 9.17) is 8.85 Å². The summed E-state index contributed by atoms with van der Waals surface area (Å²) in [6, 6.07) is 0.729. The third-order valence-corrected chi connectivity index (χ3v) is 4.71. The van der Waals surface area contributed by atoms with Gasteiger partial charge in [-0.05, 0) is 6.42 Å². The second kappa shape index (κ2) is 11.3. The Balaban J connectivity index is 3.62. The van der Waals surface area contributed by atoms with Crippen molar-refractivity contribution in [3.8, 4) is 0 Å². The summed E-state index contributed by atoms with van der Waals surface area (Å²) in [7, 11) is -2.11. The molecule has 0 amide bonds. The quantitative estimate of drug-likeness (QED) is 0.454. The van der Waals surface area contributed by atoms with Crippen molar-refractivity contribution in [2.24, 2.45) is 0 Å². The standard InChI is InChI=1S/C13H26O4Si/c1-4-5-6-7-8-9-10-11-18(16-12(2)14)17-13(3)15/h18H,4-11H2,1-3H3. The van der Waals surface area contributed by atoms with Gasteiger partial charge in [0, 0.05) is 19.9 Å². The van der Waals surface area contributed by atoms with E-state index in [2.05, 4.69) is 6.92 Å². The van der Waals surface area contributed by atoms with Gasteiger partial charge in [-0.1, -0.05) is 45.4 Å². The van der Waals surface area contributed by atoms with Crippen molar-refractivity contribution >= 4 is 21.2 Å². The Kier molecular flexibility index (Phi) is 10.7. The molecule has 0 rings (SSSR count). The SMILES string of the molecule is CCCCCCCCC[SiH](OC(C)=O)OC(C)=O. The molecular formula is C13H26O4Si. The van der Waals surface area contributed by atoms with Crippen LogP contribution in [-0.4, -0.2) is 21.2 Å². The van der Waals surface area contributed by atoms with Gasteiger partial charge in [-0.15, -0.1) is 0 Å². The van der Waals surface area contributed by atoms with E-state index < -0.39 is 9.28 Å². The average Bonchev–Trinajstić information content (AvgIpc) is 2.26. The van der Waals surface area contributed by atoms with Gasteiger partial charge in [-0.25, -0.2) is 0 Å². The van der Waals surface area contributed by atoms with Crippen molar-refractivity contribution in [1.82, 2.24) is 0 Å². The van der Waals surface area contributed by atoms with Gasteiger partial charge in [0.2, 0.25) is 0 Å². The first-order chi connectivity index (χ1) is 8.56. The molecule has 18 heavy (non-hydrogen) atoms. The lowest BCUT2D eigenvalue weighted by atomic mass is 10.1. The van der Waals surface area contributed by atoms with E-state index in [-0.39, 0.29) is 11.9 Å². The molecule has 0 unspecified atom stereocenters. The first-order valence-corrected chi connectivity index (χ1v) is 8.66. The van der Waals surface area contributed by atoms with Crippen molar-refractivity contribution in [2.75, 3.05) is 0 Å². The smallest absolute Gasteiger partial charge is 0.448 e. The fourth-order valence-electron chi connectivity index (χ4n) is 1.78. The van der Waals surface area contributed by atoms with Crippen molar-refractivity contribution < 1.29 is 18.4 Å². The predicted molar refractivity (Wildman–Crippen MR) is 73.5 cm³/mol. The molecule has 0 fully saturated rings. The van der Waals surface area contributed by atoms with Crippen LogP contribution in [0.25, 0.3) is 0 Å². The maximum Gasteiger partial charge on any atom is 0.448 e. The summed E-state index contributed by atoms with van der Waals surface area (Å²) < 4.78 is 10.1. The second-order valence-corrected chi connectivity index (χ2v) is 6.47. The molecule has 0 aliphatic rings. The zero-order valence-corrected chi connectivity index (χ0v) is 13.0. The van der Waals surface area contributed by atoms with Gasteiger partial charge in [0.1, 0.15) is 0 Å². The summed E-state index contributed by atoms with van der Waals surface area (Å²) in [5, 5.41) is 0. The molecule has 0 N–H and O–H groups in total. The van der Waals surface area contributed by atoms with Crippen molar-refractivity contribution in [2.45, 2.75) is 71.8 Å². The molecule has 0 saturated carbocycles. The highest BCUT2D eigenvalue weighted by Crippen LogP contribution is 2.11. The molecule has 0 bridgehead atoms. The molecule has 0 radical (unpaired) electrons. The van der Waals surface area contributed by atoms with Gasteiger partial charge in [0.25, 0.3) is 11.9 Å². The molecule has 0 spiro atoms. The van der Waals surface area contributed by atoms with Crippen molar-refractivity contribution in [3.05, 3.63) is 0 Å². The Morgan fingerprint density at radius 1 is 0.833 bits per heavy atom. The minimum atomic E-state index is -2.11. The Hall–Kier alpha value is -0.843. The lowest BCUT2D eigenvalue weighted by Gasteiger charge is -2.14. The van der Waals surface area contributed by atoms with E-state index in [1.165, 1.54) is 46.0 Å². The van der Waals surface area contributed by atoms with Crippen LogP contribution in [0.5, 0.6) is 0 Å². The van der Waals surface area contributed by atoms with Crippen LogP contribution in [0.3, 0.4) is 0 Å². The molecule has 106 valence electrons. The molecular weight excluding hydrogens is 248 g/mol. The summed E-state index contributed by atoms with van der Waals surface area (Å²) in [6.07, 6.45) is 8.43. The highest BCUT2D eigenvalue weighted by Gasteiger charge is 2.19. The van der Waals surface area contributed by atoms with Crippen LogP contribution in [0.15, 0.2) is 0 Å². The third-order valence-electron chi connectivity index (χ3n) is 2.64. The molecule has 0 aromatic heterocycles. The number of carbonyl (C=O) groups excluding carboxylic acids is 2. The van der Waals surface area contributed by atoms with Gasteiger partial charge in [-0.2, -0.15) is 0 Å². The summed E-state index contributed by atoms with van der Waals surface area (Å²) in [5.74, 6) is -0.702. The summed E-state index contributed by atoms with van der Waals surface area (Å²) in [5.41, 5.74) is 0. The van der Waals surface area contributed by atoms with Crippen molar-refractivity contribution in [1.29, 1.82) is 0 Å². The van der Waals surface area contributed by atoms with Crippen LogP contribution in [0.4, 0.5) is 0 Å². The monoisotopic (exact) mass is 274 g/mol. The predicted octanol–water partition coefficient (Wildman–Crippen LogP) is 3.08. The highest BCUT2D eigenvalue weighted by molar-refractivity contribution is 6.48. The number of carbonyl (C=O) groups is 2. The molecule has 0 heterocycles. The third kappa shape index (κ3) is 11.6. The lowest BCUT2D eigenvalue weighted by Crippen LogP contribution is -2.27. The summed E-state index contributed by atoms with van der Waals surface area (Å²) in [6.45, 7) is 4.91. The summed E-state index contributed by atoms with van der Waals surface area (Å²) in [4.78, 5) is 21.7. The minimum Gasteiger partial charge on any atom is -0.487 e. The van der Waals surface area contributed by atoms with Crippen LogP contribution in [0.1, 0.15) is 65.7 Å². The minimum absolute atomic E-state index is 0.351. The van der Waals surface area contributed by atoms with Crippen LogP contribution in [0.2, 0.25) is 6.04 Å². The average molecular weight is 274 g/mol. The number of hydrogen-bond acceptors (Lipinski definition) is 4. The van der Waals surface area contributed by atoms with Gasteiger partial charge < -0.3 is 8.85 Å². The topological polar surface area (TPSA) is 52.6 Å². The first-order valence-electron chi connectivity index (χ1n) is 6.90.